The molecule has 0 spiro atoms. The molecule has 15 nitrogen and oxygen atoms in total. The van der Waals surface area contributed by atoms with Crippen LogP contribution in [0.4, 0.5) is 4.79 Å². The molecule has 1 aromatic heterocycles. The van der Waals surface area contributed by atoms with Crippen molar-refractivity contribution in [3.8, 4) is 6.07 Å². The van der Waals surface area contributed by atoms with Crippen LogP contribution in [0.5, 0.6) is 0 Å². The normalized spacial score (nSPS) is 24.4. The van der Waals surface area contributed by atoms with Crippen molar-refractivity contribution in [2.24, 2.45) is 33.5 Å². The molecule has 6 atom stereocenters. The molecule has 1 saturated heterocycles. The standard InChI is InChI=1S/C35H52N6O9/c1-8-21(4)31(44)41-30(38-19-37)23-14-15-25(39-23)35(18-36)29(43)28(24(49-35)17-47-26(42)16-22-12-10-9-11-13-22)48-32(45)27(20(2)3)40-33(46)50-34(5,6)7/h14-15,19-22,24,27-29,39,43H,8-13,16-17H2,1-7H3,(H,40,46)(H2,37,38,41,44)/t21-,24+,27-,28+,29+,35-/m0/s1. The number of nitrogens with two attached hydrogens (primary N) is 1. The van der Waals surface area contributed by atoms with Crippen LogP contribution in [0.25, 0.3) is 0 Å². The summed E-state index contributed by atoms with van der Waals surface area (Å²) in [4.78, 5) is 62.6. The fourth-order valence-corrected chi connectivity index (χ4v) is 5.82. The number of hydrogen-bond acceptors (Lipinski definition) is 10. The Morgan fingerprint density at radius 2 is 1.88 bits per heavy atom. The van der Waals surface area contributed by atoms with Gasteiger partial charge < -0.3 is 40.1 Å². The predicted octanol–water partition coefficient (Wildman–Crippen LogP) is 3.77. The molecule has 0 unspecified atom stereocenters. The minimum Gasteiger partial charge on any atom is -0.463 e. The van der Waals surface area contributed by atoms with Crippen LogP contribution in [0, 0.1) is 29.1 Å². The van der Waals surface area contributed by atoms with Gasteiger partial charge in [0.2, 0.25) is 5.60 Å². The number of hydrogen-bond donors (Lipinski definition) is 4. The molecule has 2 aliphatic rings. The fourth-order valence-electron chi connectivity index (χ4n) is 5.82. The number of alkyl carbamates (subject to hydrolysis) is 1. The molecule has 1 aliphatic carbocycles. The van der Waals surface area contributed by atoms with E-state index in [0.29, 0.717) is 6.42 Å². The molecule has 15 heteroatoms. The van der Waals surface area contributed by atoms with E-state index in [9.17, 15) is 29.5 Å². The molecule has 1 saturated carbocycles. The van der Waals surface area contributed by atoms with Gasteiger partial charge in [-0.2, -0.15) is 10.3 Å². The third-order valence-electron chi connectivity index (χ3n) is 8.81. The summed E-state index contributed by atoms with van der Waals surface area (Å²) in [6, 6.07) is 3.72. The second-order valence-corrected chi connectivity index (χ2v) is 14.3. The average molecular weight is 701 g/mol. The Morgan fingerprint density at radius 1 is 1.20 bits per heavy atom. The molecular weight excluding hydrogens is 648 g/mol. The summed E-state index contributed by atoms with van der Waals surface area (Å²) in [6.45, 7) is 11.5. The number of aromatic nitrogens is 1. The number of carbonyl (C=O) groups excluding carboxylic acids is 4. The lowest BCUT2D eigenvalue weighted by Crippen LogP contribution is -2.50. The van der Waals surface area contributed by atoms with Gasteiger partial charge in [-0.25, -0.2) is 14.6 Å². The first-order valence-electron chi connectivity index (χ1n) is 17.2. The van der Waals surface area contributed by atoms with Crippen molar-refractivity contribution in [1.82, 2.24) is 10.3 Å². The second-order valence-electron chi connectivity index (χ2n) is 14.3. The van der Waals surface area contributed by atoms with Gasteiger partial charge >= 0.3 is 18.0 Å². The Kier molecular flexibility index (Phi) is 14.1. The molecule has 2 heterocycles. The van der Waals surface area contributed by atoms with E-state index in [-0.39, 0.29) is 35.5 Å². The third-order valence-corrected chi connectivity index (χ3v) is 8.81. The van der Waals surface area contributed by atoms with Gasteiger partial charge in [-0.1, -0.05) is 47.0 Å². The number of esters is 2. The van der Waals surface area contributed by atoms with Gasteiger partial charge in [-0.15, -0.1) is 0 Å². The van der Waals surface area contributed by atoms with Crippen molar-refractivity contribution in [1.29, 1.82) is 5.26 Å². The number of rotatable bonds is 12. The molecule has 2 fully saturated rings. The first-order chi connectivity index (χ1) is 23.5. The number of nitriles is 1. The molecule has 50 heavy (non-hydrogen) atoms. The number of amidine groups is 1. The van der Waals surface area contributed by atoms with Crippen molar-refractivity contribution in [3.05, 3.63) is 23.5 Å². The average Bonchev–Trinajstić information content (AvgIpc) is 3.65. The molecular formula is C35H52N6O9. The van der Waals surface area contributed by atoms with Crippen LogP contribution in [-0.2, 0) is 38.9 Å². The molecule has 1 aromatic rings. The van der Waals surface area contributed by atoms with Crippen LogP contribution in [0.15, 0.2) is 22.1 Å². The van der Waals surface area contributed by atoms with Crippen LogP contribution in [-0.4, -0.2) is 82.8 Å². The lowest BCUT2D eigenvalue weighted by molar-refractivity contribution is -0.163. The van der Waals surface area contributed by atoms with E-state index in [1.165, 1.54) is 12.1 Å². The van der Waals surface area contributed by atoms with E-state index in [2.05, 4.69) is 20.3 Å². The summed E-state index contributed by atoms with van der Waals surface area (Å²) in [7, 11) is 0. The Bertz CT molecular complexity index is 1450. The number of H-pyrrole nitrogens is 1. The summed E-state index contributed by atoms with van der Waals surface area (Å²) in [5, 5.41) is 24.8. The number of ether oxygens (including phenoxy) is 4. The van der Waals surface area contributed by atoms with Crippen molar-refractivity contribution < 1.29 is 43.2 Å². The highest BCUT2D eigenvalue weighted by atomic mass is 16.6. The van der Waals surface area contributed by atoms with Crippen LogP contribution >= 0.6 is 0 Å². The number of aliphatic hydroxyl groups is 1. The quantitative estimate of drug-likeness (QED) is 0.106. The van der Waals surface area contributed by atoms with Crippen molar-refractivity contribution in [3.63, 3.8) is 0 Å². The minimum atomic E-state index is -2.16. The number of carbonyl (C=O) groups is 4. The number of aliphatic hydroxyl groups excluding tert-OH is 1. The number of aromatic amines is 1. The van der Waals surface area contributed by atoms with E-state index in [1.807, 2.05) is 13.0 Å². The Labute approximate surface area is 293 Å². The summed E-state index contributed by atoms with van der Waals surface area (Å²) in [5.41, 5.74) is 2.75. The molecule has 5 N–H and O–H groups in total. The molecule has 1 aliphatic heterocycles. The highest BCUT2D eigenvalue weighted by Crippen LogP contribution is 2.41. The zero-order valence-electron chi connectivity index (χ0n) is 30.1. The monoisotopic (exact) mass is 700 g/mol. The van der Waals surface area contributed by atoms with Crippen molar-refractivity contribution in [2.45, 2.75) is 129 Å². The van der Waals surface area contributed by atoms with Gasteiger partial charge in [0.1, 0.15) is 36.5 Å². The third kappa shape index (κ3) is 10.4. The van der Waals surface area contributed by atoms with Gasteiger partial charge in [0, 0.05) is 12.3 Å². The molecule has 0 aromatic carbocycles. The van der Waals surface area contributed by atoms with Crippen LogP contribution in [0.3, 0.4) is 0 Å². The van der Waals surface area contributed by atoms with E-state index in [4.69, 9.17) is 24.7 Å². The van der Waals surface area contributed by atoms with Gasteiger partial charge in [0.05, 0.1) is 17.7 Å². The topological polar surface area (TPSA) is 228 Å². The SMILES string of the molecule is CC[C@H](C)C(=O)N=C(N=CN)c1ccc([C@]2(C#N)O[C@H](COC(=O)CC3CCCCC3)[C@@H](OC(=O)[C@@H](NC(=O)OC(C)(C)C)C(C)C)[C@H]2O)[nH]1. The summed E-state index contributed by atoms with van der Waals surface area (Å²) in [5.74, 6) is -2.54. The molecule has 0 bridgehead atoms. The zero-order valence-corrected chi connectivity index (χ0v) is 30.1. The van der Waals surface area contributed by atoms with E-state index < -0.39 is 72.0 Å². The van der Waals surface area contributed by atoms with Crippen LogP contribution in [0.1, 0.15) is 105 Å². The largest absolute Gasteiger partial charge is 0.463 e. The number of aliphatic imine (C=N–C) groups is 2. The minimum absolute atomic E-state index is 0.0304. The molecule has 2 amide bonds. The lowest BCUT2D eigenvalue weighted by atomic mass is 9.87. The van der Waals surface area contributed by atoms with Gasteiger partial charge in [0.25, 0.3) is 5.91 Å². The summed E-state index contributed by atoms with van der Waals surface area (Å²) in [6.07, 6.45) is 1.32. The number of amides is 2. The van der Waals surface area contributed by atoms with Crippen LogP contribution < -0.4 is 11.1 Å². The smallest absolute Gasteiger partial charge is 0.408 e. The van der Waals surface area contributed by atoms with Crippen LogP contribution in [0.2, 0.25) is 0 Å². The summed E-state index contributed by atoms with van der Waals surface area (Å²) < 4.78 is 22.8. The fraction of sp³-hybridized carbons (Fsp3) is 0.686. The maximum absolute atomic E-state index is 13.6. The molecule has 0 radical (unpaired) electrons. The van der Waals surface area contributed by atoms with Gasteiger partial charge in [0.15, 0.2) is 11.9 Å². The number of nitrogens with zero attached hydrogens (tertiary/aromatic N) is 3. The molecule has 3 rings (SSSR count). The maximum Gasteiger partial charge on any atom is 0.408 e. The Morgan fingerprint density at radius 3 is 2.46 bits per heavy atom. The van der Waals surface area contributed by atoms with E-state index in [1.54, 1.807) is 41.5 Å². The highest BCUT2D eigenvalue weighted by Gasteiger charge is 2.59. The summed E-state index contributed by atoms with van der Waals surface area (Å²) >= 11 is 0. The zero-order chi connectivity index (χ0) is 37.2. The van der Waals surface area contributed by atoms with Crippen molar-refractivity contribution >= 4 is 36.1 Å². The van der Waals surface area contributed by atoms with Crippen molar-refractivity contribution in [2.75, 3.05) is 6.61 Å². The van der Waals surface area contributed by atoms with E-state index >= 15 is 0 Å². The molecule has 276 valence electrons. The Balaban J connectivity index is 1.94. The second kappa shape index (κ2) is 17.6. The Hall–Kier alpha value is -4.29. The maximum atomic E-state index is 13.6. The highest BCUT2D eigenvalue weighted by molar-refractivity contribution is 6.07. The lowest BCUT2D eigenvalue weighted by Gasteiger charge is -2.28. The predicted molar refractivity (Wildman–Crippen MR) is 183 cm³/mol. The van der Waals surface area contributed by atoms with E-state index in [0.717, 1.165) is 38.4 Å². The van der Waals surface area contributed by atoms with Gasteiger partial charge in [-0.3, -0.25) is 9.59 Å². The first-order valence-corrected chi connectivity index (χ1v) is 17.2. The number of nitrogens with one attached hydrogen (secondary N) is 2. The van der Waals surface area contributed by atoms with Gasteiger partial charge in [-0.05, 0) is 64.0 Å². The first kappa shape index (κ1) is 40.1.